The molecule has 2 nitrogen and oxygen atoms in total. The Morgan fingerprint density at radius 3 is 2.56 bits per heavy atom. The zero-order chi connectivity index (χ0) is 11.7. The number of methoxy groups -OCH3 is 1. The second-order valence-corrected chi connectivity index (χ2v) is 5.85. The molecule has 2 aliphatic carbocycles. The Hall–Kier alpha value is -0.370. The van der Waals surface area contributed by atoms with Gasteiger partial charge in [0.05, 0.1) is 6.10 Å². The van der Waals surface area contributed by atoms with Gasteiger partial charge in [-0.25, -0.2) is 0 Å². The van der Waals surface area contributed by atoms with Crippen LogP contribution in [0.1, 0.15) is 46.0 Å². The SMILES string of the molecule is COC1CC(C)C2CC(C(C)=O)CCC2C1. The second-order valence-electron chi connectivity index (χ2n) is 5.85. The molecule has 0 saturated heterocycles. The van der Waals surface area contributed by atoms with Crippen LogP contribution in [0.3, 0.4) is 0 Å². The zero-order valence-electron chi connectivity index (χ0n) is 10.7. The van der Waals surface area contributed by atoms with Crippen LogP contribution in [0.2, 0.25) is 0 Å². The molecular formula is C14H24O2. The number of fused-ring (bicyclic) bond motifs is 1. The first-order chi connectivity index (χ1) is 7.61. The van der Waals surface area contributed by atoms with Crippen LogP contribution < -0.4 is 0 Å². The number of ether oxygens (including phenoxy) is 1. The first-order valence-corrected chi connectivity index (χ1v) is 6.65. The molecule has 2 aliphatic rings. The molecule has 0 aromatic carbocycles. The van der Waals surface area contributed by atoms with Gasteiger partial charge in [-0.05, 0) is 56.8 Å². The van der Waals surface area contributed by atoms with E-state index in [9.17, 15) is 4.79 Å². The standard InChI is InChI=1S/C14H24O2/c1-9-6-13(16-3)7-12-5-4-11(10(2)15)8-14(9)12/h9,11-14H,4-8H2,1-3H3. The molecular weight excluding hydrogens is 200 g/mol. The summed E-state index contributed by atoms with van der Waals surface area (Å²) in [6.45, 7) is 4.10. The van der Waals surface area contributed by atoms with Gasteiger partial charge in [-0.3, -0.25) is 4.79 Å². The first kappa shape index (κ1) is 12.1. The largest absolute Gasteiger partial charge is 0.381 e. The number of ketones is 1. The average Bonchev–Trinajstić information content (AvgIpc) is 2.28. The highest BCUT2D eigenvalue weighted by Crippen LogP contribution is 2.46. The Kier molecular flexibility index (Phi) is 3.68. The van der Waals surface area contributed by atoms with Crippen molar-refractivity contribution in [2.75, 3.05) is 7.11 Å². The van der Waals surface area contributed by atoms with Crippen molar-refractivity contribution >= 4 is 5.78 Å². The van der Waals surface area contributed by atoms with E-state index in [1.807, 2.05) is 7.11 Å². The molecule has 92 valence electrons. The summed E-state index contributed by atoms with van der Waals surface area (Å²) in [4.78, 5) is 11.5. The van der Waals surface area contributed by atoms with Crippen LogP contribution in [0.4, 0.5) is 0 Å². The Labute approximate surface area is 98.7 Å². The lowest BCUT2D eigenvalue weighted by atomic mass is 9.62. The third kappa shape index (κ3) is 2.32. The fraction of sp³-hybridized carbons (Fsp3) is 0.929. The van der Waals surface area contributed by atoms with Crippen molar-refractivity contribution in [1.29, 1.82) is 0 Å². The number of hydrogen-bond acceptors (Lipinski definition) is 2. The second kappa shape index (κ2) is 4.87. The number of rotatable bonds is 2. The molecule has 0 spiro atoms. The third-order valence-corrected chi connectivity index (χ3v) is 4.89. The van der Waals surface area contributed by atoms with Crippen molar-refractivity contribution in [1.82, 2.24) is 0 Å². The molecule has 0 bridgehead atoms. The van der Waals surface area contributed by atoms with E-state index in [1.54, 1.807) is 6.92 Å². The minimum absolute atomic E-state index is 0.350. The van der Waals surface area contributed by atoms with Gasteiger partial charge in [0.1, 0.15) is 5.78 Å². The topological polar surface area (TPSA) is 26.3 Å². The molecule has 0 aromatic rings. The number of carbonyl (C=O) groups is 1. The van der Waals surface area contributed by atoms with Gasteiger partial charge in [0.25, 0.3) is 0 Å². The van der Waals surface area contributed by atoms with Crippen LogP contribution >= 0.6 is 0 Å². The molecule has 5 unspecified atom stereocenters. The van der Waals surface area contributed by atoms with E-state index in [0.29, 0.717) is 17.8 Å². The van der Waals surface area contributed by atoms with E-state index in [4.69, 9.17) is 4.74 Å². The lowest BCUT2D eigenvalue weighted by Gasteiger charge is -2.45. The van der Waals surface area contributed by atoms with Crippen molar-refractivity contribution in [3.05, 3.63) is 0 Å². The molecule has 16 heavy (non-hydrogen) atoms. The molecule has 0 radical (unpaired) electrons. The van der Waals surface area contributed by atoms with Crippen LogP contribution in [0.25, 0.3) is 0 Å². The number of carbonyl (C=O) groups excluding carboxylic acids is 1. The molecule has 2 heteroatoms. The van der Waals surface area contributed by atoms with Crippen LogP contribution in [-0.4, -0.2) is 19.0 Å². The van der Waals surface area contributed by atoms with E-state index in [0.717, 1.165) is 30.6 Å². The highest BCUT2D eigenvalue weighted by molar-refractivity contribution is 5.78. The van der Waals surface area contributed by atoms with E-state index in [-0.39, 0.29) is 0 Å². The molecule has 0 amide bonds. The highest BCUT2D eigenvalue weighted by Gasteiger charge is 2.40. The Morgan fingerprint density at radius 1 is 1.19 bits per heavy atom. The Morgan fingerprint density at radius 2 is 1.94 bits per heavy atom. The van der Waals surface area contributed by atoms with Gasteiger partial charge in [-0.1, -0.05) is 6.92 Å². The maximum absolute atomic E-state index is 11.5. The lowest BCUT2D eigenvalue weighted by molar-refractivity contribution is -0.124. The van der Waals surface area contributed by atoms with Gasteiger partial charge in [-0.15, -0.1) is 0 Å². The van der Waals surface area contributed by atoms with Gasteiger partial charge in [0.15, 0.2) is 0 Å². The summed E-state index contributed by atoms with van der Waals surface area (Å²) in [6, 6.07) is 0. The van der Waals surface area contributed by atoms with Crippen molar-refractivity contribution in [3.63, 3.8) is 0 Å². The zero-order valence-corrected chi connectivity index (χ0v) is 10.7. The van der Waals surface area contributed by atoms with E-state index >= 15 is 0 Å². The Bertz CT molecular complexity index is 261. The smallest absolute Gasteiger partial charge is 0.132 e. The van der Waals surface area contributed by atoms with Crippen molar-refractivity contribution in [3.8, 4) is 0 Å². The lowest BCUT2D eigenvalue weighted by Crippen LogP contribution is -2.39. The highest BCUT2D eigenvalue weighted by atomic mass is 16.5. The van der Waals surface area contributed by atoms with E-state index in [1.165, 1.54) is 19.3 Å². The molecule has 2 rings (SSSR count). The predicted octanol–water partition coefficient (Wildman–Crippen LogP) is 3.05. The minimum Gasteiger partial charge on any atom is -0.381 e. The molecule has 0 aliphatic heterocycles. The van der Waals surface area contributed by atoms with Gasteiger partial charge >= 0.3 is 0 Å². The van der Waals surface area contributed by atoms with E-state index in [2.05, 4.69) is 6.92 Å². The normalized spacial score (nSPS) is 43.8. The fourth-order valence-corrected chi connectivity index (χ4v) is 3.84. The van der Waals surface area contributed by atoms with Crippen molar-refractivity contribution < 1.29 is 9.53 Å². The summed E-state index contributed by atoms with van der Waals surface area (Å²) >= 11 is 0. The van der Waals surface area contributed by atoms with E-state index < -0.39 is 0 Å². The molecule has 5 atom stereocenters. The van der Waals surface area contributed by atoms with Crippen LogP contribution in [0.5, 0.6) is 0 Å². The molecule has 2 saturated carbocycles. The fourth-order valence-electron chi connectivity index (χ4n) is 3.84. The van der Waals surface area contributed by atoms with Gasteiger partial charge in [0.2, 0.25) is 0 Å². The monoisotopic (exact) mass is 224 g/mol. The summed E-state index contributed by atoms with van der Waals surface area (Å²) in [5, 5.41) is 0. The summed E-state index contributed by atoms with van der Waals surface area (Å²) in [5.74, 6) is 3.06. The minimum atomic E-state index is 0.350. The maximum Gasteiger partial charge on any atom is 0.132 e. The van der Waals surface area contributed by atoms with Crippen LogP contribution in [-0.2, 0) is 9.53 Å². The quantitative estimate of drug-likeness (QED) is 0.720. The molecule has 2 fully saturated rings. The van der Waals surface area contributed by atoms with Crippen molar-refractivity contribution in [2.45, 2.75) is 52.1 Å². The summed E-state index contributed by atoms with van der Waals surface area (Å²) < 4.78 is 5.52. The molecule has 0 N–H and O–H groups in total. The third-order valence-electron chi connectivity index (χ3n) is 4.89. The van der Waals surface area contributed by atoms with Crippen molar-refractivity contribution in [2.24, 2.45) is 23.7 Å². The van der Waals surface area contributed by atoms with Gasteiger partial charge in [-0.2, -0.15) is 0 Å². The van der Waals surface area contributed by atoms with Crippen LogP contribution in [0, 0.1) is 23.7 Å². The number of Topliss-reactive ketones (excluding diaryl/α,β-unsaturated/α-hetero) is 1. The summed E-state index contributed by atoms with van der Waals surface area (Å²) in [7, 11) is 1.83. The average molecular weight is 224 g/mol. The summed E-state index contributed by atoms with van der Waals surface area (Å²) in [5.41, 5.74) is 0. The molecule has 0 aromatic heterocycles. The van der Waals surface area contributed by atoms with Crippen LogP contribution in [0.15, 0.2) is 0 Å². The Balaban J connectivity index is 2.01. The molecule has 0 heterocycles. The van der Waals surface area contributed by atoms with Gasteiger partial charge < -0.3 is 4.74 Å². The first-order valence-electron chi connectivity index (χ1n) is 6.65. The summed E-state index contributed by atoms with van der Waals surface area (Å²) in [6.07, 6.45) is 6.35. The maximum atomic E-state index is 11.5. The predicted molar refractivity (Wildman–Crippen MR) is 64.2 cm³/mol. The van der Waals surface area contributed by atoms with Gasteiger partial charge in [0, 0.05) is 13.0 Å². The number of hydrogen-bond donors (Lipinski definition) is 0.